The Kier molecular flexibility index (Phi) is 9.33. The Morgan fingerprint density at radius 2 is 1.69 bits per heavy atom. The van der Waals surface area contributed by atoms with Crippen LogP contribution in [0.15, 0.2) is 90.0 Å². The SMILES string of the molecule is CCOC(=O)c1ccc(NC(=O)CCSc2nc(-c3ccccc3)cc(-c3ccc(OC)cc3)c2C#N)cc1. The van der Waals surface area contributed by atoms with Crippen LogP contribution >= 0.6 is 11.8 Å². The third-order valence-corrected chi connectivity index (χ3v) is 6.79. The van der Waals surface area contributed by atoms with Crippen molar-refractivity contribution in [1.29, 1.82) is 5.26 Å². The number of anilines is 1. The van der Waals surface area contributed by atoms with E-state index in [-0.39, 0.29) is 12.3 Å². The van der Waals surface area contributed by atoms with Gasteiger partial charge < -0.3 is 14.8 Å². The van der Waals surface area contributed by atoms with Crippen molar-refractivity contribution >= 4 is 29.3 Å². The van der Waals surface area contributed by atoms with E-state index < -0.39 is 5.97 Å². The molecule has 3 aromatic carbocycles. The van der Waals surface area contributed by atoms with Gasteiger partial charge in [-0.25, -0.2) is 9.78 Å². The Labute approximate surface area is 231 Å². The van der Waals surface area contributed by atoms with E-state index in [1.54, 1.807) is 38.3 Å². The highest BCUT2D eigenvalue weighted by Gasteiger charge is 2.17. The molecule has 0 fully saturated rings. The van der Waals surface area contributed by atoms with Crippen LogP contribution in [0.2, 0.25) is 0 Å². The number of aromatic nitrogens is 1. The van der Waals surface area contributed by atoms with Gasteiger partial charge in [-0.15, -0.1) is 11.8 Å². The molecule has 1 amide bonds. The summed E-state index contributed by atoms with van der Waals surface area (Å²) in [6, 6.07) is 28.1. The van der Waals surface area contributed by atoms with E-state index in [1.165, 1.54) is 11.8 Å². The number of benzene rings is 3. The number of thioether (sulfide) groups is 1. The van der Waals surface area contributed by atoms with Gasteiger partial charge in [-0.05, 0) is 55.0 Å². The Bertz CT molecular complexity index is 1480. The molecule has 1 heterocycles. The lowest BCUT2D eigenvalue weighted by molar-refractivity contribution is -0.115. The third kappa shape index (κ3) is 7.03. The number of esters is 1. The highest BCUT2D eigenvalue weighted by molar-refractivity contribution is 7.99. The number of nitriles is 1. The monoisotopic (exact) mass is 537 g/mol. The number of ether oxygens (including phenoxy) is 2. The Hall–Kier alpha value is -4.61. The fraction of sp³-hybridized carbons (Fsp3) is 0.161. The van der Waals surface area contributed by atoms with E-state index in [1.807, 2.05) is 60.7 Å². The second-order valence-electron chi connectivity index (χ2n) is 8.39. The molecule has 0 saturated heterocycles. The smallest absolute Gasteiger partial charge is 0.338 e. The van der Waals surface area contributed by atoms with Crippen LogP contribution in [-0.4, -0.2) is 36.3 Å². The minimum atomic E-state index is -0.403. The van der Waals surface area contributed by atoms with E-state index >= 15 is 0 Å². The molecule has 4 rings (SSSR count). The molecule has 1 N–H and O–H groups in total. The maximum absolute atomic E-state index is 12.6. The van der Waals surface area contributed by atoms with Crippen molar-refractivity contribution in [2.24, 2.45) is 0 Å². The minimum absolute atomic E-state index is 0.181. The van der Waals surface area contributed by atoms with E-state index in [0.29, 0.717) is 34.2 Å². The highest BCUT2D eigenvalue weighted by atomic mass is 32.2. The number of nitrogens with zero attached hydrogens (tertiary/aromatic N) is 2. The van der Waals surface area contributed by atoms with Gasteiger partial charge in [0.2, 0.25) is 5.91 Å². The van der Waals surface area contributed by atoms with Gasteiger partial charge >= 0.3 is 5.97 Å². The summed E-state index contributed by atoms with van der Waals surface area (Å²) in [7, 11) is 1.61. The maximum Gasteiger partial charge on any atom is 0.338 e. The average molecular weight is 538 g/mol. The van der Waals surface area contributed by atoms with Crippen LogP contribution in [0.1, 0.15) is 29.3 Å². The van der Waals surface area contributed by atoms with Gasteiger partial charge in [-0.1, -0.05) is 42.5 Å². The predicted octanol–water partition coefficient (Wildman–Crippen LogP) is 6.59. The number of nitrogens with one attached hydrogen (secondary N) is 1. The first-order valence-corrected chi connectivity index (χ1v) is 13.4. The Morgan fingerprint density at radius 3 is 2.33 bits per heavy atom. The summed E-state index contributed by atoms with van der Waals surface area (Å²) >= 11 is 1.37. The zero-order valence-electron chi connectivity index (χ0n) is 21.6. The topological polar surface area (TPSA) is 101 Å². The van der Waals surface area contributed by atoms with Gasteiger partial charge in [-0.3, -0.25) is 4.79 Å². The zero-order valence-corrected chi connectivity index (χ0v) is 22.5. The molecule has 0 bridgehead atoms. The van der Waals surface area contributed by atoms with E-state index in [2.05, 4.69) is 11.4 Å². The van der Waals surface area contributed by atoms with Gasteiger partial charge in [0.25, 0.3) is 0 Å². The second-order valence-corrected chi connectivity index (χ2v) is 9.47. The van der Waals surface area contributed by atoms with Crippen molar-refractivity contribution in [2.45, 2.75) is 18.4 Å². The second kappa shape index (κ2) is 13.3. The molecule has 8 heteroatoms. The molecule has 0 spiro atoms. The van der Waals surface area contributed by atoms with E-state index in [4.69, 9.17) is 14.5 Å². The zero-order chi connectivity index (χ0) is 27.6. The summed E-state index contributed by atoms with van der Waals surface area (Å²) in [5.74, 6) is 0.568. The summed E-state index contributed by atoms with van der Waals surface area (Å²) in [5.41, 5.74) is 4.78. The highest BCUT2D eigenvalue weighted by Crippen LogP contribution is 2.35. The van der Waals surface area contributed by atoms with Gasteiger partial charge in [0, 0.05) is 29.0 Å². The molecule has 0 aliphatic carbocycles. The molecule has 0 radical (unpaired) electrons. The molecule has 4 aromatic rings. The first-order chi connectivity index (χ1) is 19.0. The summed E-state index contributed by atoms with van der Waals surface area (Å²) < 4.78 is 10.3. The van der Waals surface area contributed by atoms with Crippen LogP contribution in [-0.2, 0) is 9.53 Å². The molecule has 0 aliphatic heterocycles. The predicted molar refractivity (Wildman–Crippen MR) is 153 cm³/mol. The average Bonchev–Trinajstić information content (AvgIpc) is 2.97. The van der Waals surface area contributed by atoms with Crippen molar-refractivity contribution in [3.63, 3.8) is 0 Å². The lowest BCUT2D eigenvalue weighted by atomic mass is 9.99. The maximum atomic E-state index is 12.6. The number of methoxy groups -OCH3 is 1. The standard InChI is InChI=1S/C31H27N3O4S/c1-3-38-31(36)23-9-13-24(14-10-23)33-29(35)17-18-39-30-27(20-32)26(21-11-15-25(37-2)16-12-21)19-28(34-30)22-7-5-4-6-8-22/h4-16,19H,3,17-18H2,1-2H3,(H,33,35). The van der Waals surface area contributed by atoms with E-state index in [9.17, 15) is 14.9 Å². The lowest BCUT2D eigenvalue weighted by Gasteiger charge is -2.13. The number of hydrogen-bond acceptors (Lipinski definition) is 7. The number of hydrogen-bond donors (Lipinski definition) is 1. The molecular weight excluding hydrogens is 510 g/mol. The first-order valence-electron chi connectivity index (χ1n) is 12.4. The van der Waals surface area contributed by atoms with Crippen molar-refractivity contribution in [3.8, 4) is 34.2 Å². The normalized spacial score (nSPS) is 10.4. The quantitative estimate of drug-likeness (QED) is 0.180. The largest absolute Gasteiger partial charge is 0.497 e. The van der Waals surface area contributed by atoms with Crippen LogP contribution in [0.5, 0.6) is 5.75 Å². The van der Waals surface area contributed by atoms with Crippen molar-refractivity contribution < 1.29 is 19.1 Å². The van der Waals surface area contributed by atoms with Gasteiger partial charge in [-0.2, -0.15) is 5.26 Å². The number of rotatable bonds is 10. The Morgan fingerprint density at radius 1 is 0.974 bits per heavy atom. The molecule has 0 unspecified atom stereocenters. The van der Waals surface area contributed by atoms with Crippen LogP contribution in [0.4, 0.5) is 5.69 Å². The van der Waals surface area contributed by atoms with Crippen molar-refractivity contribution in [3.05, 3.63) is 96.1 Å². The van der Waals surface area contributed by atoms with Crippen LogP contribution in [0.3, 0.4) is 0 Å². The lowest BCUT2D eigenvalue weighted by Crippen LogP contribution is -2.12. The number of carbonyl (C=O) groups is 2. The molecule has 0 atom stereocenters. The minimum Gasteiger partial charge on any atom is -0.497 e. The fourth-order valence-corrected chi connectivity index (χ4v) is 4.80. The molecule has 1 aromatic heterocycles. The molecule has 0 aliphatic rings. The van der Waals surface area contributed by atoms with Crippen molar-refractivity contribution in [1.82, 2.24) is 4.98 Å². The van der Waals surface area contributed by atoms with Gasteiger partial charge in [0.1, 0.15) is 16.8 Å². The van der Waals surface area contributed by atoms with Crippen LogP contribution in [0, 0.1) is 11.3 Å². The third-order valence-electron chi connectivity index (χ3n) is 5.82. The summed E-state index contributed by atoms with van der Waals surface area (Å²) in [6.45, 7) is 2.05. The summed E-state index contributed by atoms with van der Waals surface area (Å²) in [6.07, 6.45) is 0.213. The molecule has 196 valence electrons. The summed E-state index contributed by atoms with van der Waals surface area (Å²) in [5, 5.41) is 13.5. The van der Waals surface area contributed by atoms with Crippen LogP contribution in [0.25, 0.3) is 22.4 Å². The molecule has 0 saturated carbocycles. The fourth-order valence-electron chi connectivity index (χ4n) is 3.86. The number of carbonyl (C=O) groups excluding carboxylic acids is 2. The van der Waals surface area contributed by atoms with Crippen LogP contribution < -0.4 is 10.1 Å². The van der Waals surface area contributed by atoms with Gasteiger partial charge in [0.15, 0.2) is 0 Å². The number of pyridine rings is 1. The number of amides is 1. The Balaban J connectivity index is 1.51. The molecule has 7 nitrogen and oxygen atoms in total. The van der Waals surface area contributed by atoms with Crippen molar-refractivity contribution in [2.75, 3.05) is 24.8 Å². The molecular formula is C31H27N3O4S. The first kappa shape index (κ1) is 27.4. The summed E-state index contributed by atoms with van der Waals surface area (Å²) in [4.78, 5) is 29.2. The molecule has 39 heavy (non-hydrogen) atoms. The van der Waals surface area contributed by atoms with E-state index in [0.717, 1.165) is 28.1 Å². The van der Waals surface area contributed by atoms with Gasteiger partial charge in [0.05, 0.1) is 30.5 Å².